The minimum Gasteiger partial charge on any atom is -0.368 e. The summed E-state index contributed by atoms with van der Waals surface area (Å²) in [4.78, 5) is 13.7. The topological polar surface area (TPSA) is 41.1 Å². The van der Waals surface area contributed by atoms with Crippen molar-refractivity contribution in [2.45, 2.75) is 70.4 Å². The normalized spacial score (nSPS) is 25.4. The molecule has 1 aliphatic carbocycles. The van der Waals surface area contributed by atoms with Gasteiger partial charge in [0, 0.05) is 27.8 Å². The first-order valence-corrected chi connectivity index (χ1v) is 12.3. The van der Waals surface area contributed by atoms with Gasteiger partial charge in [0.05, 0.1) is 0 Å². The summed E-state index contributed by atoms with van der Waals surface area (Å²) in [6.45, 7) is 9.05. The molecule has 0 bridgehead atoms. The lowest BCUT2D eigenvalue weighted by molar-refractivity contribution is 0.0468. The first-order chi connectivity index (χ1) is 12.6. The van der Waals surface area contributed by atoms with Crippen LogP contribution in [0.2, 0.25) is 0 Å². The van der Waals surface area contributed by atoms with E-state index in [1.165, 1.54) is 21.6 Å². The fourth-order valence-electron chi connectivity index (χ4n) is 4.58. The number of hydrogen-bond acceptors (Lipinski definition) is 4. The van der Waals surface area contributed by atoms with Crippen molar-refractivity contribution in [2.24, 2.45) is 10.8 Å². The van der Waals surface area contributed by atoms with E-state index in [9.17, 15) is 4.79 Å². The van der Waals surface area contributed by atoms with Crippen LogP contribution in [-0.4, -0.2) is 21.6 Å². The molecule has 1 amide bonds. The van der Waals surface area contributed by atoms with Crippen LogP contribution in [-0.2, 0) is 0 Å². The van der Waals surface area contributed by atoms with E-state index in [1.54, 1.807) is 0 Å². The number of benzene rings is 1. The molecule has 0 aromatic heterocycles. The van der Waals surface area contributed by atoms with E-state index in [-0.39, 0.29) is 22.1 Å². The predicted octanol–water partition coefficient (Wildman–Crippen LogP) is 6.30. The average molecular weight is 443 g/mol. The maximum absolute atomic E-state index is 12.6. The molecular formula is C20H30N2OS4. The van der Waals surface area contributed by atoms with Gasteiger partial charge < -0.3 is 10.6 Å². The lowest BCUT2D eigenvalue weighted by Gasteiger charge is -2.50. The van der Waals surface area contributed by atoms with Crippen LogP contribution < -0.4 is 10.6 Å². The van der Waals surface area contributed by atoms with Crippen molar-refractivity contribution in [3.8, 4) is 0 Å². The monoisotopic (exact) mass is 442 g/mol. The summed E-state index contributed by atoms with van der Waals surface area (Å²) in [7, 11) is 2.77. The molecule has 2 rings (SSSR count). The number of nitrogens with one attached hydrogen (secondary N) is 2. The van der Waals surface area contributed by atoms with Crippen LogP contribution in [0.15, 0.2) is 35.2 Å². The second kappa shape index (κ2) is 9.90. The average Bonchev–Trinajstić information content (AvgIpc) is 2.56. The van der Waals surface area contributed by atoms with Crippen molar-refractivity contribution >= 4 is 56.0 Å². The van der Waals surface area contributed by atoms with Crippen molar-refractivity contribution < 1.29 is 4.79 Å². The van der Waals surface area contributed by atoms with Gasteiger partial charge in [-0.3, -0.25) is 4.79 Å². The van der Waals surface area contributed by atoms with Crippen LogP contribution in [0.1, 0.15) is 53.4 Å². The number of thiol groups is 1. The first-order valence-electron chi connectivity index (χ1n) is 9.33. The van der Waals surface area contributed by atoms with E-state index >= 15 is 0 Å². The number of thiocarbonyl (C=S) groups is 1. The van der Waals surface area contributed by atoms with Crippen LogP contribution in [0, 0.1) is 10.8 Å². The quantitative estimate of drug-likeness (QED) is 0.274. The van der Waals surface area contributed by atoms with Crippen LogP contribution in [0.25, 0.3) is 0 Å². The van der Waals surface area contributed by atoms with Crippen LogP contribution in [0.3, 0.4) is 0 Å². The Hall–Kier alpha value is -0.370. The summed E-state index contributed by atoms with van der Waals surface area (Å²) in [6, 6.07) is 10.4. The molecule has 1 aromatic rings. The maximum Gasteiger partial charge on any atom is 0.290 e. The minimum absolute atomic E-state index is 0.0142. The van der Waals surface area contributed by atoms with Gasteiger partial charge in [0.1, 0.15) is 4.32 Å². The van der Waals surface area contributed by atoms with Gasteiger partial charge in [0.15, 0.2) is 0 Å². The van der Waals surface area contributed by atoms with E-state index in [2.05, 4.69) is 51.0 Å². The zero-order chi connectivity index (χ0) is 20.1. The van der Waals surface area contributed by atoms with Crippen molar-refractivity contribution in [1.82, 2.24) is 10.6 Å². The molecule has 1 saturated carbocycles. The summed E-state index contributed by atoms with van der Waals surface area (Å²) in [6.07, 6.45) is 4.03. The highest BCUT2D eigenvalue weighted by Crippen LogP contribution is 2.49. The molecular weight excluding hydrogens is 413 g/mol. The standard InChI is InChI=1S/C20H30N2OS4/c1-5-16(22-17(23)27-26-15-9-7-6-8-10-15)20(4)12-14(21-18(24)25)11-19(2,3)13-20/h6-10,14,16H,5,11-13H2,1-4H3,(H,22,23)(H2,21,24,25). The molecule has 1 fully saturated rings. The van der Waals surface area contributed by atoms with E-state index in [0.29, 0.717) is 10.4 Å². The van der Waals surface area contributed by atoms with Gasteiger partial charge in [-0.25, -0.2) is 0 Å². The Morgan fingerprint density at radius 1 is 1.30 bits per heavy atom. The van der Waals surface area contributed by atoms with Gasteiger partial charge in [-0.05, 0) is 59.4 Å². The third kappa shape index (κ3) is 7.18. The summed E-state index contributed by atoms with van der Waals surface area (Å²) >= 11 is 9.41. The van der Waals surface area contributed by atoms with Gasteiger partial charge in [0.2, 0.25) is 0 Å². The van der Waals surface area contributed by atoms with Crippen molar-refractivity contribution in [1.29, 1.82) is 0 Å². The Labute approximate surface area is 182 Å². The molecule has 7 heteroatoms. The summed E-state index contributed by atoms with van der Waals surface area (Å²) < 4.78 is 0.548. The Bertz CT molecular complexity index is 653. The number of amides is 1. The molecule has 0 heterocycles. The van der Waals surface area contributed by atoms with E-state index in [1.807, 2.05) is 30.3 Å². The highest BCUT2D eigenvalue weighted by atomic mass is 33.1. The Morgan fingerprint density at radius 2 is 1.96 bits per heavy atom. The van der Waals surface area contributed by atoms with Gasteiger partial charge in [0.25, 0.3) is 5.24 Å². The molecule has 0 saturated heterocycles. The lowest BCUT2D eigenvalue weighted by atomic mass is 9.59. The predicted molar refractivity (Wildman–Crippen MR) is 127 cm³/mol. The van der Waals surface area contributed by atoms with E-state index in [0.717, 1.165) is 30.6 Å². The number of carbonyl (C=O) groups is 1. The van der Waals surface area contributed by atoms with Crippen molar-refractivity contribution in [3.63, 3.8) is 0 Å². The molecule has 1 aliphatic rings. The second-order valence-electron chi connectivity index (χ2n) is 8.42. The molecule has 3 atom stereocenters. The first kappa shape index (κ1) is 22.9. The number of carbonyl (C=O) groups excluding carboxylic acids is 1. The third-order valence-electron chi connectivity index (χ3n) is 5.22. The highest BCUT2D eigenvalue weighted by Gasteiger charge is 2.45. The highest BCUT2D eigenvalue weighted by molar-refractivity contribution is 8.82. The maximum atomic E-state index is 12.6. The molecule has 0 spiro atoms. The van der Waals surface area contributed by atoms with Gasteiger partial charge in [-0.15, -0.1) is 12.6 Å². The molecule has 0 radical (unpaired) electrons. The summed E-state index contributed by atoms with van der Waals surface area (Å²) in [5.41, 5.74) is 0.202. The van der Waals surface area contributed by atoms with E-state index in [4.69, 9.17) is 12.2 Å². The van der Waals surface area contributed by atoms with Crippen LogP contribution in [0.5, 0.6) is 0 Å². The Balaban J connectivity index is 2.02. The van der Waals surface area contributed by atoms with Crippen molar-refractivity contribution in [3.05, 3.63) is 30.3 Å². The minimum atomic E-state index is 0.0142. The van der Waals surface area contributed by atoms with Gasteiger partial charge in [-0.2, -0.15) is 0 Å². The smallest absolute Gasteiger partial charge is 0.290 e. The zero-order valence-electron chi connectivity index (χ0n) is 16.5. The molecule has 27 heavy (non-hydrogen) atoms. The molecule has 1 aromatic carbocycles. The summed E-state index contributed by atoms with van der Waals surface area (Å²) in [5.74, 6) is 0. The summed E-state index contributed by atoms with van der Waals surface area (Å²) in [5, 5.41) is 6.65. The molecule has 150 valence electrons. The molecule has 2 N–H and O–H groups in total. The number of hydrogen-bond donors (Lipinski definition) is 3. The molecule has 3 unspecified atom stereocenters. The Kier molecular flexibility index (Phi) is 8.40. The van der Waals surface area contributed by atoms with Crippen molar-refractivity contribution in [2.75, 3.05) is 0 Å². The van der Waals surface area contributed by atoms with Crippen LogP contribution >= 0.6 is 46.4 Å². The second-order valence-corrected chi connectivity index (χ2v) is 11.8. The fraction of sp³-hybridized carbons (Fsp3) is 0.600. The van der Waals surface area contributed by atoms with E-state index < -0.39 is 0 Å². The third-order valence-corrected chi connectivity index (χ3v) is 7.57. The Morgan fingerprint density at radius 3 is 2.56 bits per heavy atom. The fourth-order valence-corrected chi connectivity index (χ4v) is 6.55. The van der Waals surface area contributed by atoms with Gasteiger partial charge >= 0.3 is 0 Å². The SMILES string of the molecule is CCC(NC(=O)SSc1ccccc1)C1(C)CC(NC(=S)S)CC(C)(C)C1. The molecule has 0 aliphatic heterocycles. The lowest BCUT2D eigenvalue weighted by Crippen LogP contribution is -2.54. The van der Waals surface area contributed by atoms with Crippen LogP contribution in [0.4, 0.5) is 4.79 Å². The molecule has 3 nitrogen and oxygen atoms in total. The largest absolute Gasteiger partial charge is 0.368 e. The zero-order valence-corrected chi connectivity index (χ0v) is 19.8. The van der Waals surface area contributed by atoms with Gasteiger partial charge in [-0.1, -0.05) is 58.1 Å². The number of rotatable bonds is 6.